The minimum atomic E-state index is -4.73. The second-order valence-corrected chi connectivity index (χ2v) is 8.01. The zero-order valence-corrected chi connectivity index (χ0v) is 17.9. The van der Waals surface area contributed by atoms with E-state index in [1.807, 2.05) is 19.1 Å². The first kappa shape index (κ1) is 24.9. The van der Waals surface area contributed by atoms with E-state index in [0.717, 1.165) is 23.4 Å². The quantitative estimate of drug-likeness (QED) is 0.233. The van der Waals surface area contributed by atoms with Crippen molar-refractivity contribution in [3.05, 3.63) is 41.4 Å². The number of carbonyl (C=O) groups is 1. The average molecular weight is 417 g/mol. The number of hydrogen-bond donors (Lipinski definition) is 2. The van der Waals surface area contributed by atoms with E-state index in [2.05, 4.69) is 31.5 Å². The molecule has 0 heterocycles. The van der Waals surface area contributed by atoms with E-state index in [1.54, 1.807) is 12.1 Å². The van der Waals surface area contributed by atoms with Crippen LogP contribution in [0.1, 0.15) is 58.4 Å². The number of rotatable bonds is 9. The van der Waals surface area contributed by atoms with Crippen LogP contribution in [0.4, 0.5) is 23.2 Å². The summed E-state index contributed by atoms with van der Waals surface area (Å²) in [7, 11) is 2.54. The standard InChI is InChI=1S/C21H31F4N3O/c1-7-20(3,4)12-14(2)15-10-8-9-11-17(15)27-19(29)16(13-21(23,24)25)18(22)28(6)26-5/h8-11,14,26H,7,12-13H2,1-6H3,(H,27,29)/b18-16+. The van der Waals surface area contributed by atoms with Crippen LogP contribution >= 0.6 is 0 Å². The van der Waals surface area contributed by atoms with Gasteiger partial charge in [0, 0.05) is 19.8 Å². The van der Waals surface area contributed by atoms with Crippen molar-refractivity contribution >= 4 is 11.6 Å². The second kappa shape index (κ2) is 10.1. The molecule has 2 N–H and O–H groups in total. The Morgan fingerprint density at radius 2 is 1.79 bits per heavy atom. The SMILES string of the molecule is CCC(C)(C)CC(C)c1ccccc1NC(=O)/C(CC(F)(F)F)=C(\F)N(C)NC. The fourth-order valence-electron chi connectivity index (χ4n) is 3.07. The minimum Gasteiger partial charge on any atom is -0.322 e. The average Bonchev–Trinajstić information content (AvgIpc) is 2.64. The Bertz CT molecular complexity index is 729. The zero-order valence-electron chi connectivity index (χ0n) is 17.9. The molecule has 0 aliphatic heterocycles. The number of hydrazine groups is 1. The van der Waals surface area contributed by atoms with Crippen molar-refractivity contribution < 1.29 is 22.4 Å². The molecule has 0 bridgehead atoms. The molecular formula is C21H31F4N3O. The third kappa shape index (κ3) is 7.68. The molecule has 1 aromatic carbocycles. The lowest BCUT2D eigenvalue weighted by atomic mass is 9.78. The van der Waals surface area contributed by atoms with Gasteiger partial charge in [-0.25, -0.2) is 5.43 Å². The first-order valence-electron chi connectivity index (χ1n) is 9.58. The lowest BCUT2D eigenvalue weighted by Crippen LogP contribution is -2.32. The van der Waals surface area contributed by atoms with E-state index in [4.69, 9.17) is 0 Å². The van der Waals surface area contributed by atoms with Crippen LogP contribution in [0.25, 0.3) is 0 Å². The molecule has 0 spiro atoms. The number of halogens is 4. The van der Waals surface area contributed by atoms with Gasteiger partial charge in [0.1, 0.15) is 0 Å². The molecular weight excluding hydrogens is 386 g/mol. The molecule has 1 aromatic rings. The van der Waals surface area contributed by atoms with Gasteiger partial charge in [0.15, 0.2) is 0 Å². The van der Waals surface area contributed by atoms with Crippen LogP contribution in [0.2, 0.25) is 0 Å². The van der Waals surface area contributed by atoms with Crippen LogP contribution in [-0.4, -0.2) is 31.2 Å². The molecule has 0 fully saturated rings. The van der Waals surface area contributed by atoms with Crippen molar-refractivity contribution in [3.63, 3.8) is 0 Å². The highest BCUT2D eigenvalue weighted by molar-refractivity contribution is 6.04. The first-order chi connectivity index (χ1) is 13.3. The van der Waals surface area contributed by atoms with Gasteiger partial charge in [-0.1, -0.05) is 52.3 Å². The molecule has 0 radical (unpaired) electrons. The summed E-state index contributed by atoms with van der Waals surface area (Å²) in [5.41, 5.74) is 2.64. The number of nitrogens with zero attached hydrogens (tertiary/aromatic N) is 1. The third-order valence-electron chi connectivity index (χ3n) is 5.09. The number of para-hydroxylation sites is 1. The molecule has 1 rings (SSSR count). The maximum Gasteiger partial charge on any atom is 0.393 e. The van der Waals surface area contributed by atoms with Gasteiger partial charge in [-0.05, 0) is 29.4 Å². The molecule has 0 saturated heterocycles. The maximum atomic E-state index is 14.5. The van der Waals surface area contributed by atoms with Crippen LogP contribution in [0.5, 0.6) is 0 Å². The van der Waals surface area contributed by atoms with Gasteiger partial charge in [-0.2, -0.15) is 17.6 Å². The van der Waals surface area contributed by atoms with Crippen molar-refractivity contribution in [2.45, 2.75) is 59.1 Å². The fraction of sp³-hybridized carbons (Fsp3) is 0.571. The molecule has 8 heteroatoms. The summed E-state index contributed by atoms with van der Waals surface area (Å²) in [6.45, 7) is 8.37. The van der Waals surface area contributed by atoms with Crippen LogP contribution in [-0.2, 0) is 4.79 Å². The van der Waals surface area contributed by atoms with E-state index >= 15 is 0 Å². The van der Waals surface area contributed by atoms with Crippen LogP contribution in [0.15, 0.2) is 35.8 Å². The van der Waals surface area contributed by atoms with Gasteiger partial charge in [0.2, 0.25) is 5.95 Å². The van der Waals surface area contributed by atoms with E-state index < -0.39 is 30.0 Å². The van der Waals surface area contributed by atoms with Crippen LogP contribution in [0.3, 0.4) is 0 Å². The van der Waals surface area contributed by atoms with Crippen molar-refractivity contribution in [2.24, 2.45) is 5.41 Å². The largest absolute Gasteiger partial charge is 0.393 e. The smallest absolute Gasteiger partial charge is 0.322 e. The summed E-state index contributed by atoms with van der Waals surface area (Å²) < 4.78 is 53.3. The molecule has 0 aliphatic carbocycles. The molecule has 164 valence electrons. The number of nitrogens with one attached hydrogen (secondary N) is 2. The normalized spacial score (nSPS) is 14.3. The predicted molar refractivity (Wildman–Crippen MR) is 108 cm³/mol. The van der Waals surface area contributed by atoms with Gasteiger partial charge < -0.3 is 5.32 Å². The van der Waals surface area contributed by atoms with Crippen LogP contribution < -0.4 is 10.7 Å². The highest BCUT2D eigenvalue weighted by Gasteiger charge is 2.35. The van der Waals surface area contributed by atoms with Crippen molar-refractivity contribution in [1.29, 1.82) is 0 Å². The number of anilines is 1. The second-order valence-electron chi connectivity index (χ2n) is 8.01. The molecule has 1 atom stereocenters. The van der Waals surface area contributed by atoms with Gasteiger partial charge in [-0.3, -0.25) is 9.80 Å². The summed E-state index contributed by atoms with van der Waals surface area (Å²) in [5.74, 6) is -2.34. The molecule has 4 nitrogen and oxygen atoms in total. The topological polar surface area (TPSA) is 44.4 Å². The Labute approximate surface area is 170 Å². The molecule has 1 amide bonds. The van der Waals surface area contributed by atoms with Crippen molar-refractivity contribution in [3.8, 4) is 0 Å². The molecule has 0 aromatic heterocycles. The monoisotopic (exact) mass is 417 g/mol. The molecule has 1 unspecified atom stereocenters. The number of benzene rings is 1. The lowest BCUT2D eigenvalue weighted by Gasteiger charge is -2.28. The van der Waals surface area contributed by atoms with E-state index in [1.165, 1.54) is 14.1 Å². The van der Waals surface area contributed by atoms with Crippen molar-refractivity contribution in [1.82, 2.24) is 10.4 Å². The number of amides is 1. The number of hydrogen-bond acceptors (Lipinski definition) is 3. The highest BCUT2D eigenvalue weighted by atomic mass is 19.4. The number of alkyl halides is 3. The number of carbonyl (C=O) groups excluding carboxylic acids is 1. The molecule has 0 aliphatic rings. The first-order valence-corrected chi connectivity index (χ1v) is 9.58. The van der Waals surface area contributed by atoms with Crippen LogP contribution in [0, 0.1) is 5.41 Å². The van der Waals surface area contributed by atoms with E-state index in [0.29, 0.717) is 5.69 Å². The minimum absolute atomic E-state index is 0.0568. The highest BCUT2D eigenvalue weighted by Crippen LogP contribution is 2.37. The molecule has 29 heavy (non-hydrogen) atoms. The Morgan fingerprint density at radius 3 is 2.31 bits per heavy atom. The summed E-state index contributed by atoms with van der Waals surface area (Å²) in [5, 5.41) is 3.22. The summed E-state index contributed by atoms with van der Waals surface area (Å²) in [4.78, 5) is 12.6. The summed E-state index contributed by atoms with van der Waals surface area (Å²) in [6, 6.07) is 6.94. The predicted octanol–water partition coefficient (Wildman–Crippen LogP) is 5.75. The Kier molecular flexibility index (Phi) is 8.68. The van der Waals surface area contributed by atoms with Gasteiger partial charge in [0.05, 0.1) is 12.0 Å². The Balaban J connectivity index is 3.22. The third-order valence-corrected chi connectivity index (χ3v) is 5.09. The fourth-order valence-corrected chi connectivity index (χ4v) is 3.07. The molecule has 0 saturated carbocycles. The lowest BCUT2D eigenvalue weighted by molar-refractivity contribution is -0.133. The summed E-state index contributed by atoms with van der Waals surface area (Å²) >= 11 is 0. The van der Waals surface area contributed by atoms with E-state index in [-0.39, 0.29) is 11.3 Å². The van der Waals surface area contributed by atoms with E-state index in [9.17, 15) is 22.4 Å². The zero-order chi connectivity index (χ0) is 22.4. The maximum absolute atomic E-state index is 14.5. The van der Waals surface area contributed by atoms with Gasteiger partial charge in [0.25, 0.3) is 5.91 Å². The van der Waals surface area contributed by atoms with Crippen molar-refractivity contribution in [2.75, 3.05) is 19.4 Å². The summed E-state index contributed by atoms with van der Waals surface area (Å²) in [6.07, 6.45) is -4.60. The van der Waals surface area contributed by atoms with Gasteiger partial charge in [-0.15, -0.1) is 0 Å². The van der Waals surface area contributed by atoms with Gasteiger partial charge >= 0.3 is 6.18 Å². The Hall–Kier alpha value is -2.09. The Morgan fingerprint density at radius 1 is 1.21 bits per heavy atom.